The third-order valence-corrected chi connectivity index (χ3v) is 5.84. The molecule has 1 heterocycles. The van der Waals surface area contributed by atoms with Gasteiger partial charge in [-0.1, -0.05) is 12.1 Å². The van der Waals surface area contributed by atoms with Gasteiger partial charge in [-0.25, -0.2) is 8.42 Å². The third kappa shape index (κ3) is 4.40. The molecule has 2 aromatic carbocycles. The number of ether oxygens (including phenoxy) is 3. The van der Waals surface area contributed by atoms with Crippen LogP contribution in [0.3, 0.4) is 0 Å². The van der Waals surface area contributed by atoms with E-state index >= 15 is 0 Å². The molecule has 9 heteroatoms. The second-order valence-corrected chi connectivity index (χ2v) is 8.61. The molecule has 1 N–H and O–H groups in total. The molecular weight excluding hydrogens is 396 g/mol. The molecule has 0 saturated heterocycles. The second kappa shape index (κ2) is 8.20. The summed E-state index contributed by atoms with van der Waals surface area (Å²) in [6.45, 7) is 1.70. The summed E-state index contributed by atoms with van der Waals surface area (Å²) < 4.78 is 42.0. The van der Waals surface area contributed by atoms with Gasteiger partial charge in [0.05, 0.1) is 38.7 Å². The van der Waals surface area contributed by atoms with E-state index in [4.69, 9.17) is 14.2 Å². The highest BCUT2D eigenvalue weighted by atomic mass is 32.2. The van der Waals surface area contributed by atoms with Crippen molar-refractivity contribution in [3.05, 3.63) is 48.0 Å². The van der Waals surface area contributed by atoms with Crippen molar-refractivity contribution in [2.24, 2.45) is 0 Å². The number of carbonyl (C=O) groups is 1. The fourth-order valence-corrected chi connectivity index (χ4v) is 4.13. The van der Waals surface area contributed by atoms with Crippen molar-refractivity contribution in [2.45, 2.75) is 19.1 Å². The molecular formula is C20H24N2O6S. The van der Waals surface area contributed by atoms with E-state index in [1.807, 2.05) is 0 Å². The van der Waals surface area contributed by atoms with E-state index in [9.17, 15) is 13.2 Å². The molecule has 3 rings (SSSR count). The summed E-state index contributed by atoms with van der Waals surface area (Å²) >= 11 is 0. The van der Waals surface area contributed by atoms with Gasteiger partial charge in [-0.05, 0) is 37.3 Å². The van der Waals surface area contributed by atoms with Gasteiger partial charge in [-0.2, -0.15) is 0 Å². The monoisotopic (exact) mass is 420 g/mol. The standard InChI is InChI=1S/C20H24N2O6S/c1-13(15-11-14(26-2)9-10-17(15)27-3)21-20(23)19-12-22(29(4,24)25)16-7-5-6-8-18(16)28-19/h5-11,13,19H,12H2,1-4H3,(H,21,23)/t13-,19-/m1/s1. The van der Waals surface area contributed by atoms with Crippen molar-refractivity contribution < 1.29 is 27.4 Å². The number of fused-ring (bicyclic) bond motifs is 1. The number of amides is 1. The maximum Gasteiger partial charge on any atom is 0.263 e. The van der Waals surface area contributed by atoms with Crippen molar-refractivity contribution in [2.75, 3.05) is 31.3 Å². The highest BCUT2D eigenvalue weighted by Gasteiger charge is 2.35. The fourth-order valence-electron chi connectivity index (χ4n) is 3.21. The van der Waals surface area contributed by atoms with E-state index < -0.39 is 28.1 Å². The summed E-state index contributed by atoms with van der Waals surface area (Å²) in [5, 5.41) is 2.87. The minimum Gasteiger partial charge on any atom is -0.497 e. The Morgan fingerprint density at radius 1 is 1.21 bits per heavy atom. The summed E-state index contributed by atoms with van der Waals surface area (Å²) in [7, 11) is -0.465. The molecule has 1 aliphatic heterocycles. The normalized spacial score (nSPS) is 17.0. The Morgan fingerprint density at radius 2 is 1.93 bits per heavy atom. The first-order valence-electron chi connectivity index (χ1n) is 9.00. The fraction of sp³-hybridized carbons (Fsp3) is 0.350. The molecule has 2 aromatic rings. The zero-order valence-electron chi connectivity index (χ0n) is 16.7. The Bertz CT molecular complexity index is 1010. The average Bonchev–Trinajstić information content (AvgIpc) is 2.71. The lowest BCUT2D eigenvalue weighted by Gasteiger charge is -2.34. The van der Waals surface area contributed by atoms with Crippen LogP contribution in [0, 0.1) is 0 Å². The molecule has 156 valence electrons. The second-order valence-electron chi connectivity index (χ2n) is 6.71. The maximum absolute atomic E-state index is 12.9. The molecule has 0 aromatic heterocycles. The lowest BCUT2D eigenvalue weighted by Crippen LogP contribution is -2.50. The van der Waals surface area contributed by atoms with Crippen molar-refractivity contribution in [3.63, 3.8) is 0 Å². The van der Waals surface area contributed by atoms with Gasteiger partial charge in [-0.15, -0.1) is 0 Å². The maximum atomic E-state index is 12.9. The SMILES string of the molecule is COc1ccc(OC)c([C@@H](C)NC(=O)[C@H]2CN(S(C)(=O)=O)c3ccccc3O2)c1. The van der Waals surface area contributed by atoms with Crippen LogP contribution in [-0.4, -0.2) is 47.4 Å². The van der Waals surface area contributed by atoms with E-state index in [2.05, 4.69) is 5.32 Å². The highest BCUT2D eigenvalue weighted by molar-refractivity contribution is 7.92. The molecule has 1 amide bonds. The van der Waals surface area contributed by atoms with Crippen molar-refractivity contribution in [1.29, 1.82) is 0 Å². The highest BCUT2D eigenvalue weighted by Crippen LogP contribution is 2.35. The molecule has 8 nitrogen and oxygen atoms in total. The third-order valence-electron chi connectivity index (χ3n) is 4.69. The zero-order valence-corrected chi connectivity index (χ0v) is 17.5. The van der Waals surface area contributed by atoms with E-state index in [-0.39, 0.29) is 6.54 Å². The lowest BCUT2D eigenvalue weighted by atomic mass is 10.1. The van der Waals surface area contributed by atoms with Crippen LogP contribution in [0.2, 0.25) is 0 Å². The quantitative estimate of drug-likeness (QED) is 0.769. The van der Waals surface area contributed by atoms with Crippen molar-refractivity contribution in [3.8, 4) is 17.2 Å². The number of nitrogens with zero attached hydrogens (tertiary/aromatic N) is 1. The van der Waals surface area contributed by atoms with Crippen molar-refractivity contribution in [1.82, 2.24) is 5.32 Å². The minimum absolute atomic E-state index is 0.107. The van der Waals surface area contributed by atoms with E-state index in [1.54, 1.807) is 63.6 Å². The number of sulfonamides is 1. The first kappa shape index (κ1) is 20.8. The van der Waals surface area contributed by atoms with Crippen LogP contribution in [0.4, 0.5) is 5.69 Å². The minimum atomic E-state index is -3.57. The Labute approximate surface area is 170 Å². The predicted octanol–water partition coefficient (Wildman–Crippen LogP) is 2.11. The molecule has 2 atom stereocenters. The molecule has 0 fully saturated rings. The number of anilines is 1. The van der Waals surface area contributed by atoms with Crippen LogP contribution >= 0.6 is 0 Å². The van der Waals surface area contributed by atoms with Gasteiger partial charge in [-0.3, -0.25) is 9.10 Å². The molecule has 1 aliphatic rings. The predicted molar refractivity (Wildman–Crippen MR) is 109 cm³/mol. The zero-order chi connectivity index (χ0) is 21.2. The van der Waals surface area contributed by atoms with Crippen LogP contribution in [0.15, 0.2) is 42.5 Å². The Morgan fingerprint density at radius 3 is 2.59 bits per heavy atom. The summed E-state index contributed by atoms with van der Waals surface area (Å²) in [5.74, 6) is 1.15. The van der Waals surface area contributed by atoms with E-state index in [0.29, 0.717) is 22.9 Å². The van der Waals surface area contributed by atoms with Gasteiger partial charge >= 0.3 is 0 Å². The molecule has 0 bridgehead atoms. The van der Waals surface area contributed by atoms with E-state index in [1.165, 1.54) is 4.31 Å². The molecule has 0 aliphatic carbocycles. The summed E-state index contributed by atoms with van der Waals surface area (Å²) in [5.41, 5.74) is 1.15. The molecule has 0 radical (unpaired) electrons. The van der Waals surface area contributed by atoms with Gasteiger partial charge in [0, 0.05) is 5.56 Å². The summed E-state index contributed by atoms with van der Waals surface area (Å²) in [6.07, 6.45) is 0.118. The van der Waals surface area contributed by atoms with E-state index in [0.717, 1.165) is 11.8 Å². The summed E-state index contributed by atoms with van der Waals surface area (Å²) in [4.78, 5) is 12.9. The summed E-state index contributed by atoms with van der Waals surface area (Å²) in [6, 6.07) is 11.6. The van der Waals surface area contributed by atoms with Crippen LogP contribution in [0.1, 0.15) is 18.5 Å². The van der Waals surface area contributed by atoms with Gasteiger partial charge in [0.15, 0.2) is 6.10 Å². The first-order chi connectivity index (χ1) is 13.7. The number of methoxy groups -OCH3 is 2. The number of rotatable bonds is 6. The number of para-hydroxylation sites is 2. The Balaban J connectivity index is 1.83. The van der Waals surface area contributed by atoms with Crippen LogP contribution in [0.5, 0.6) is 17.2 Å². The molecule has 0 spiro atoms. The lowest BCUT2D eigenvalue weighted by molar-refractivity contribution is -0.128. The molecule has 0 saturated carbocycles. The Hall–Kier alpha value is -2.94. The smallest absolute Gasteiger partial charge is 0.263 e. The van der Waals surface area contributed by atoms with Crippen LogP contribution < -0.4 is 23.8 Å². The number of benzene rings is 2. The average molecular weight is 420 g/mol. The van der Waals surface area contributed by atoms with Gasteiger partial charge in [0.25, 0.3) is 5.91 Å². The topological polar surface area (TPSA) is 94.2 Å². The van der Waals surface area contributed by atoms with Gasteiger partial charge < -0.3 is 19.5 Å². The molecule has 0 unspecified atom stereocenters. The van der Waals surface area contributed by atoms with Crippen LogP contribution in [-0.2, 0) is 14.8 Å². The van der Waals surface area contributed by atoms with Gasteiger partial charge in [0.1, 0.15) is 17.2 Å². The number of hydrogen-bond donors (Lipinski definition) is 1. The number of nitrogens with one attached hydrogen (secondary N) is 1. The number of hydrogen-bond acceptors (Lipinski definition) is 6. The van der Waals surface area contributed by atoms with Gasteiger partial charge in [0.2, 0.25) is 10.0 Å². The van der Waals surface area contributed by atoms with Crippen LogP contribution in [0.25, 0.3) is 0 Å². The number of carbonyl (C=O) groups excluding carboxylic acids is 1. The Kier molecular flexibility index (Phi) is 5.88. The first-order valence-corrected chi connectivity index (χ1v) is 10.8. The van der Waals surface area contributed by atoms with Crippen molar-refractivity contribution >= 4 is 21.6 Å². The largest absolute Gasteiger partial charge is 0.497 e. The molecule has 29 heavy (non-hydrogen) atoms.